The number of fused-ring (bicyclic) bond motifs is 1. The number of ether oxygens (including phenoxy) is 1. The Morgan fingerprint density at radius 1 is 1.00 bits per heavy atom. The molecule has 2 aromatic carbocycles. The quantitative estimate of drug-likeness (QED) is 0.796. The van der Waals surface area contributed by atoms with Crippen molar-refractivity contribution in [3.8, 4) is 5.75 Å². The Kier molecular flexibility index (Phi) is 4.12. The van der Waals surface area contributed by atoms with Crippen LogP contribution in [0.2, 0.25) is 0 Å². The minimum atomic E-state index is -0.421. The van der Waals surface area contributed by atoms with Crippen LogP contribution in [-0.4, -0.2) is 18.2 Å². The molecule has 0 unspecified atom stereocenters. The molecule has 110 valence electrons. The van der Waals surface area contributed by atoms with E-state index in [0.717, 1.165) is 10.8 Å². The van der Waals surface area contributed by atoms with Gasteiger partial charge in [0.1, 0.15) is 12.4 Å². The lowest BCUT2D eigenvalue weighted by Crippen LogP contribution is -2.26. The number of Topliss-reactive ketones (excluding diaryl/α,β-unsaturated/α-hetero) is 2. The van der Waals surface area contributed by atoms with E-state index >= 15 is 0 Å². The summed E-state index contributed by atoms with van der Waals surface area (Å²) < 4.78 is 5.68. The number of benzene rings is 2. The second-order valence-corrected chi connectivity index (χ2v) is 6.17. The molecule has 0 amide bonds. The minimum Gasteiger partial charge on any atom is -0.485 e. The SMILES string of the molecule is CC(=O)c1ccc(OCC(=O)C(C)(C)C)c2ccccc12. The molecule has 0 saturated heterocycles. The first-order valence-corrected chi connectivity index (χ1v) is 6.99. The Balaban J connectivity index is 2.36. The van der Waals surface area contributed by atoms with Gasteiger partial charge in [-0.2, -0.15) is 0 Å². The van der Waals surface area contributed by atoms with E-state index in [1.165, 1.54) is 0 Å². The summed E-state index contributed by atoms with van der Waals surface area (Å²) in [6, 6.07) is 11.1. The zero-order valence-corrected chi connectivity index (χ0v) is 12.9. The highest BCUT2D eigenvalue weighted by molar-refractivity contribution is 6.08. The van der Waals surface area contributed by atoms with Gasteiger partial charge in [-0.3, -0.25) is 9.59 Å². The van der Waals surface area contributed by atoms with E-state index in [4.69, 9.17) is 4.74 Å². The molecular weight excluding hydrogens is 264 g/mol. The largest absolute Gasteiger partial charge is 0.485 e. The lowest BCUT2D eigenvalue weighted by Gasteiger charge is -2.17. The Morgan fingerprint density at radius 3 is 2.19 bits per heavy atom. The fourth-order valence-corrected chi connectivity index (χ4v) is 2.06. The number of ketones is 2. The highest BCUT2D eigenvalue weighted by atomic mass is 16.5. The zero-order valence-electron chi connectivity index (χ0n) is 12.9. The van der Waals surface area contributed by atoms with E-state index < -0.39 is 5.41 Å². The van der Waals surface area contributed by atoms with Crippen LogP contribution < -0.4 is 4.74 Å². The lowest BCUT2D eigenvalue weighted by molar-refractivity contribution is -0.128. The molecule has 2 rings (SSSR count). The summed E-state index contributed by atoms with van der Waals surface area (Å²) >= 11 is 0. The second kappa shape index (κ2) is 5.68. The summed E-state index contributed by atoms with van der Waals surface area (Å²) in [4.78, 5) is 23.6. The van der Waals surface area contributed by atoms with Gasteiger partial charge in [0.15, 0.2) is 11.6 Å². The molecule has 2 aromatic rings. The molecule has 3 heteroatoms. The smallest absolute Gasteiger partial charge is 0.175 e. The Hall–Kier alpha value is -2.16. The highest BCUT2D eigenvalue weighted by Gasteiger charge is 2.22. The van der Waals surface area contributed by atoms with Crippen LogP contribution in [-0.2, 0) is 4.79 Å². The van der Waals surface area contributed by atoms with Crippen molar-refractivity contribution in [2.75, 3.05) is 6.61 Å². The minimum absolute atomic E-state index is 0.0171. The number of carbonyl (C=O) groups excluding carboxylic acids is 2. The molecule has 0 heterocycles. The molecule has 0 aliphatic heterocycles. The van der Waals surface area contributed by atoms with E-state index in [1.54, 1.807) is 19.1 Å². The van der Waals surface area contributed by atoms with Crippen LogP contribution >= 0.6 is 0 Å². The van der Waals surface area contributed by atoms with E-state index in [0.29, 0.717) is 11.3 Å². The average molecular weight is 284 g/mol. The number of hydrogen-bond acceptors (Lipinski definition) is 3. The van der Waals surface area contributed by atoms with Gasteiger partial charge in [0.25, 0.3) is 0 Å². The van der Waals surface area contributed by atoms with Crippen molar-refractivity contribution in [1.82, 2.24) is 0 Å². The summed E-state index contributed by atoms with van der Waals surface area (Å²) in [6.45, 7) is 7.19. The Morgan fingerprint density at radius 2 is 1.62 bits per heavy atom. The van der Waals surface area contributed by atoms with E-state index in [1.807, 2.05) is 45.0 Å². The van der Waals surface area contributed by atoms with Crippen molar-refractivity contribution >= 4 is 22.3 Å². The molecule has 21 heavy (non-hydrogen) atoms. The molecule has 0 aliphatic rings. The van der Waals surface area contributed by atoms with Gasteiger partial charge in [-0.05, 0) is 24.4 Å². The van der Waals surface area contributed by atoms with Crippen molar-refractivity contribution in [1.29, 1.82) is 0 Å². The van der Waals surface area contributed by atoms with E-state index in [2.05, 4.69) is 0 Å². The second-order valence-electron chi connectivity index (χ2n) is 6.17. The van der Waals surface area contributed by atoms with Crippen molar-refractivity contribution in [2.24, 2.45) is 5.41 Å². The Labute approximate surface area is 124 Å². The van der Waals surface area contributed by atoms with Crippen LogP contribution in [0.25, 0.3) is 10.8 Å². The van der Waals surface area contributed by atoms with Gasteiger partial charge in [0, 0.05) is 16.4 Å². The molecule has 0 fully saturated rings. The lowest BCUT2D eigenvalue weighted by atomic mass is 9.91. The maximum Gasteiger partial charge on any atom is 0.175 e. The average Bonchev–Trinajstić information content (AvgIpc) is 2.42. The first-order chi connectivity index (χ1) is 9.80. The maximum absolute atomic E-state index is 12.0. The fraction of sp³-hybridized carbons (Fsp3) is 0.333. The molecule has 0 radical (unpaired) electrons. The number of carbonyl (C=O) groups is 2. The maximum atomic E-state index is 12.0. The van der Waals surface area contributed by atoms with Gasteiger partial charge >= 0.3 is 0 Å². The molecule has 0 aromatic heterocycles. The summed E-state index contributed by atoms with van der Waals surface area (Å²) in [5.74, 6) is 0.693. The summed E-state index contributed by atoms with van der Waals surface area (Å²) in [5.41, 5.74) is 0.245. The number of rotatable bonds is 4. The third kappa shape index (κ3) is 3.30. The predicted octanol–water partition coefficient (Wildman–Crippen LogP) is 4.04. The summed E-state index contributed by atoms with van der Waals surface area (Å²) in [7, 11) is 0. The van der Waals surface area contributed by atoms with Crippen LogP contribution in [0.1, 0.15) is 38.1 Å². The van der Waals surface area contributed by atoms with Crippen LogP contribution in [0.4, 0.5) is 0 Å². The molecular formula is C18H20O3. The molecule has 3 nitrogen and oxygen atoms in total. The van der Waals surface area contributed by atoms with Crippen molar-refractivity contribution in [3.05, 3.63) is 42.0 Å². The first kappa shape index (κ1) is 15.2. The first-order valence-electron chi connectivity index (χ1n) is 6.99. The molecule has 0 saturated carbocycles. The van der Waals surface area contributed by atoms with Crippen molar-refractivity contribution in [2.45, 2.75) is 27.7 Å². The topological polar surface area (TPSA) is 43.4 Å². The van der Waals surface area contributed by atoms with Gasteiger partial charge in [-0.15, -0.1) is 0 Å². The monoisotopic (exact) mass is 284 g/mol. The van der Waals surface area contributed by atoms with Crippen LogP contribution in [0.5, 0.6) is 5.75 Å². The highest BCUT2D eigenvalue weighted by Crippen LogP contribution is 2.29. The predicted molar refractivity (Wildman–Crippen MR) is 83.9 cm³/mol. The third-order valence-electron chi connectivity index (χ3n) is 3.46. The van der Waals surface area contributed by atoms with Gasteiger partial charge in [0.05, 0.1) is 0 Å². The molecule has 0 spiro atoms. The van der Waals surface area contributed by atoms with E-state index in [-0.39, 0.29) is 18.2 Å². The van der Waals surface area contributed by atoms with Gasteiger partial charge in [-0.25, -0.2) is 0 Å². The normalized spacial score (nSPS) is 11.4. The standard InChI is InChI=1S/C18H20O3/c1-12(19)13-9-10-16(15-8-6-5-7-14(13)15)21-11-17(20)18(2,3)4/h5-10H,11H2,1-4H3. The van der Waals surface area contributed by atoms with Crippen LogP contribution in [0, 0.1) is 5.41 Å². The van der Waals surface area contributed by atoms with Crippen LogP contribution in [0.3, 0.4) is 0 Å². The molecule has 0 bridgehead atoms. The molecule has 0 aliphatic carbocycles. The third-order valence-corrected chi connectivity index (χ3v) is 3.46. The summed E-state index contributed by atoms with van der Waals surface area (Å²) in [5, 5.41) is 1.71. The zero-order chi connectivity index (χ0) is 15.6. The van der Waals surface area contributed by atoms with Crippen LogP contribution in [0.15, 0.2) is 36.4 Å². The van der Waals surface area contributed by atoms with Gasteiger partial charge in [0.2, 0.25) is 0 Å². The fourth-order valence-electron chi connectivity index (χ4n) is 2.06. The molecule has 0 N–H and O–H groups in total. The van der Waals surface area contributed by atoms with E-state index in [9.17, 15) is 9.59 Å². The van der Waals surface area contributed by atoms with Crippen molar-refractivity contribution in [3.63, 3.8) is 0 Å². The summed E-state index contributed by atoms with van der Waals surface area (Å²) in [6.07, 6.45) is 0. The van der Waals surface area contributed by atoms with Gasteiger partial charge < -0.3 is 4.74 Å². The van der Waals surface area contributed by atoms with Gasteiger partial charge in [-0.1, -0.05) is 45.0 Å². The Bertz CT molecular complexity index is 693. The van der Waals surface area contributed by atoms with Crippen molar-refractivity contribution < 1.29 is 14.3 Å². The molecule has 0 atom stereocenters. The number of hydrogen-bond donors (Lipinski definition) is 0.